The van der Waals surface area contributed by atoms with Crippen molar-refractivity contribution < 1.29 is 9.59 Å². The molecule has 3 aromatic rings. The predicted molar refractivity (Wildman–Crippen MR) is 113 cm³/mol. The number of nitrogens with zero attached hydrogens (tertiary/aromatic N) is 1. The van der Waals surface area contributed by atoms with Crippen LogP contribution in [0.2, 0.25) is 0 Å². The van der Waals surface area contributed by atoms with Crippen molar-refractivity contribution in [3.05, 3.63) is 70.0 Å². The van der Waals surface area contributed by atoms with Gasteiger partial charge >= 0.3 is 0 Å². The van der Waals surface area contributed by atoms with Crippen molar-refractivity contribution in [2.75, 3.05) is 13.1 Å². The smallest absolute Gasteiger partial charge is 0.253 e. The van der Waals surface area contributed by atoms with E-state index in [1.54, 1.807) is 23.1 Å². The molecule has 0 aliphatic carbocycles. The summed E-state index contributed by atoms with van der Waals surface area (Å²) < 4.78 is 0. The third kappa shape index (κ3) is 3.66. The number of aromatic nitrogens is 1. The number of primary amides is 1. The number of hydrogen-bond acceptors (Lipinski definition) is 3. The van der Waals surface area contributed by atoms with Crippen LogP contribution >= 0.6 is 0 Å². The van der Waals surface area contributed by atoms with Gasteiger partial charge in [-0.2, -0.15) is 0 Å². The molecule has 6 heteroatoms. The molecule has 3 N–H and O–H groups in total. The zero-order valence-corrected chi connectivity index (χ0v) is 16.3. The van der Waals surface area contributed by atoms with Gasteiger partial charge in [-0.1, -0.05) is 24.3 Å². The number of nitrogens with two attached hydrogens (primary N) is 1. The molecule has 148 valence electrons. The second-order valence-corrected chi connectivity index (χ2v) is 7.62. The van der Waals surface area contributed by atoms with E-state index in [-0.39, 0.29) is 23.2 Å². The van der Waals surface area contributed by atoms with Crippen LogP contribution in [0, 0.1) is 12.8 Å². The van der Waals surface area contributed by atoms with Crippen molar-refractivity contribution >= 4 is 22.7 Å². The van der Waals surface area contributed by atoms with E-state index >= 15 is 0 Å². The molecule has 0 bridgehead atoms. The van der Waals surface area contributed by atoms with Gasteiger partial charge in [0.25, 0.3) is 5.91 Å². The number of benzene rings is 2. The number of aromatic amines is 1. The first-order valence-electron chi connectivity index (χ1n) is 9.76. The van der Waals surface area contributed by atoms with Crippen LogP contribution in [-0.4, -0.2) is 34.8 Å². The Hall–Kier alpha value is -3.41. The summed E-state index contributed by atoms with van der Waals surface area (Å²) in [7, 11) is 0. The van der Waals surface area contributed by atoms with Crippen LogP contribution in [0.3, 0.4) is 0 Å². The van der Waals surface area contributed by atoms with E-state index < -0.39 is 0 Å². The number of pyridine rings is 1. The van der Waals surface area contributed by atoms with Crippen LogP contribution in [0.1, 0.15) is 28.9 Å². The van der Waals surface area contributed by atoms with Crippen molar-refractivity contribution in [1.29, 1.82) is 0 Å². The van der Waals surface area contributed by atoms with Crippen LogP contribution in [-0.2, 0) is 4.79 Å². The summed E-state index contributed by atoms with van der Waals surface area (Å²) in [4.78, 5) is 41.9. The van der Waals surface area contributed by atoms with Gasteiger partial charge in [0.1, 0.15) is 0 Å². The first kappa shape index (κ1) is 18.9. The van der Waals surface area contributed by atoms with Gasteiger partial charge in [0.2, 0.25) is 5.91 Å². The average molecular weight is 389 g/mol. The molecule has 4 rings (SSSR count). The van der Waals surface area contributed by atoms with E-state index in [2.05, 4.69) is 4.98 Å². The molecule has 1 fully saturated rings. The lowest BCUT2D eigenvalue weighted by Crippen LogP contribution is -2.44. The Kier molecular flexibility index (Phi) is 4.92. The molecule has 29 heavy (non-hydrogen) atoms. The molecule has 1 aliphatic rings. The Morgan fingerprint density at radius 1 is 1.14 bits per heavy atom. The number of H-pyrrole nitrogens is 1. The Bertz CT molecular complexity index is 1170. The number of rotatable bonds is 3. The molecule has 1 saturated heterocycles. The van der Waals surface area contributed by atoms with Crippen LogP contribution in [0.25, 0.3) is 22.0 Å². The Morgan fingerprint density at radius 3 is 2.72 bits per heavy atom. The molecule has 0 spiro atoms. The molecule has 1 aliphatic heterocycles. The summed E-state index contributed by atoms with van der Waals surface area (Å²) in [6.45, 7) is 2.83. The van der Waals surface area contributed by atoms with Gasteiger partial charge in [0, 0.05) is 41.4 Å². The fourth-order valence-corrected chi connectivity index (χ4v) is 4.04. The summed E-state index contributed by atoms with van der Waals surface area (Å²) in [5.74, 6) is -0.754. The summed E-state index contributed by atoms with van der Waals surface area (Å²) in [5, 5.41) is 0.616. The molecule has 6 nitrogen and oxygen atoms in total. The number of piperidine rings is 1. The van der Waals surface area contributed by atoms with E-state index in [0.29, 0.717) is 24.0 Å². The highest BCUT2D eigenvalue weighted by Gasteiger charge is 2.27. The number of para-hydroxylation sites is 1. The Morgan fingerprint density at radius 2 is 1.93 bits per heavy atom. The normalized spacial score (nSPS) is 16.7. The summed E-state index contributed by atoms with van der Waals surface area (Å²) >= 11 is 0. The first-order valence-corrected chi connectivity index (χ1v) is 9.76. The molecule has 0 unspecified atom stereocenters. The molecule has 0 saturated carbocycles. The third-order valence-electron chi connectivity index (χ3n) is 5.53. The molecule has 2 aromatic carbocycles. The van der Waals surface area contributed by atoms with Crippen molar-refractivity contribution in [3.8, 4) is 11.1 Å². The van der Waals surface area contributed by atoms with Gasteiger partial charge < -0.3 is 15.6 Å². The zero-order valence-electron chi connectivity index (χ0n) is 16.3. The number of amides is 2. The van der Waals surface area contributed by atoms with E-state index in [1.807, 2.05) is 37.3 Å². The monoisotopic (exact) mass is 389 g/mol. The van der Waals surface area contributed by atoms with Crippen molar-refractivity contribution in [2.24, 2.45) is 11.7 Å². The minimum atomic E-state index is -0.355. The number of hydrogen-bond donors (Lipinski definition) is 2. The maximum atomic E-state index is 13.0. The second kappa shape index (κ2) is 7.54. The highest BCUT2D eigenvalue weighted by Crippen LogP contribution is 2.28. The number of carbonyl (C=O) groups excluding carboxylic acids is 2. The largest absolute Gasteiger partial charge is 0.369 e. The van der Waals surface area contributed by atoms with Gasteiger partial charge in [-0.05, 0) is 43.5 Å². The standard InChI is InChI=1S/C23H23N3O3/c1-14-11-20(27)19-9-3-8-18(21(19)25-14)15-5-2-6-16(12-15)23(29)26-10-4-7-17(13-26)22(24)28/h2-3,5-6,8-9,11-12,17H,4,7,10,13H2,1H3,(H2,24,28)(H,25,27)/t17-/m0/s1. The van der Waals surface area contributed by atoms with Gasteiger partial charge in [0.15, 0.2) is 5.43 Å². The minimum Gasteiger partial charge on any atom is -0.369 e. The molecule has 1 atom stereocenters. The molecular formula is C23H23N3O3. The average Bonchev–Trinajstić information content (AvgIpc) is 2.73. The van der Waals surface area contributed by atoms with E-state index in [4.69, 9.17) is 5.73 Å². The number of likely N-dealkylation sites (tertiary alicyclic amines) is 1. The van der Waals surface area contributed by atoms with Gasteiger partial charge in [0.05, 0.1) is 11.4 Å². The van der Waals surface area contributed by atoms with E-state index in [1.165, 1.54) is 0 Å². The molecule has 1 aromatic heterocycles. The van der Waals surface area contributed by atoms with E-state index in [0.717, 1.165) is 35.2 Å². The number of carbonyl (C=O) groups is 2. The number of aryl methyl sites for hydroxylation is 1. The lowest BCUT2D eigenvalue weighted by atomic mass is 9.96. The minimum absolute atomic E-state index is 0.0314. The van der Waals surface area contributed by atoms with E-state index in [9.17, 15) is 14.4 Å². The summed E-state index contributed by atoms with van der Waals surface area (Å²) in [6, 6.07) is 14.5. The van der Waals surface area contributed by atoms with Gasteiger partial charge in [-0.25, -0.2) is 0 Å². The SMILES string of the molecule is Cc1cc(=O)c2cccc(-c3cccc(C(=O)N4CCC[C@H](C(N)=O)C4)c3)c2[nH]1. The van der Waals surface area contributed by atoms with Crippen molar-refractivity contribution in [2.45, 2.75) is 19.8 Å². The highest BCUT2D eigenvalue weighted by molar-refractivity contribution is 5.98. The van der Waals surface area contributed by atoms with Crippen molar-refractivity contribution in [3.63, 3.8) is 0 Å². The maximum absolute atomic E-state index is 13.0. The predicted octanol–water partition coefficient (Wildman–Crippen LogP) is 2.84. The molecule has 0 radical (unpaired) electrons. The Labute approximate surface area is 168 Å². The van der Waals surface area contributed by atoms with Crippen LogP contribution < -0.4 is 11.2 Å². The lowest BCUT2D eigenvalue weighted by molar-refractivity contribution is -0.123. The topological polar surface area (TPSA) is 96.3 Å². The summed E-state index contributed by atoms with van der Waals surface area (Å²) in [6.07, 6.45) is 1.49. The van der Waals surface area contributed by atoms with Crippen LogP contribution in [0.5, 0.6) is 0 Å². The maximum Gasteiger partial charge on any atom is 0.253 e. The van der Waals surface area contributed by atoms with Crippen molar-refractivity contribution in [1.82, 2.24) is 9.88 Å². The Balaban J connectivity index is 1.72. The fourth-order valence-electron chi connectivity index (χ4n) is 4.04. The fraction of sp³-hybridized carbons (Fsp3) is 0.261. The van der Waals surface area contributed by atoms with Gasteiger partial charge in [-0.15, -0.1) is 0 Å². The lowest BCUT2D eigenvalue weighted by Gasteiger charge is -2.31. The third-order valence-corrected chi connectivity index (χ3v) is 5.53. The number of fused-ring (bicyclic) bond motifs is 1. The van der Waals surface area contributed by atoms with Crippen LogP contribution in [0.15, 0.2) is 53.3 Å². The molecular weight excluding hydrogens is 366 g/mol. The zero-order chi connectivity index (χ0) is 20.5. The quantitative estimate of drug-likeness (QED) is 0.721. The van der Waals surface area contributed by atoms with Gasteiger partial charge in [-0.3, -0.25) is 14.4 Å². The summed E-state index contributed by atoms with van der Waals surface area (Å²) in [5.41, 5.74) is 9.23. The highest BCUT2D eigenvalue weighted by atomic mass is 16.2. The second-order valence-electron chi connectivity index (χ2n) is 7.62. The first-order chi connectivity index (χ1) is 13.9. The molecule has 2 heterocycles. The number of nitrogens with one attached hydrogen (secondary N) is 1. The molecule has 2 amide bonds. The van der Waals surface area contributed by atoms with Crippen LogP contribution in [0.4, 0.5) is 0 Å².